The van der Waals surface area contributed by atoms with Crippen molar-refractivity contribution in [3.8, 4) is 0 Å². The van der Waals surface area contributed by atoms with Crippen LogP contribution in [-0.4, -0.2) is 95.0 Å². The summed E-state index contributed by atoms with van der Waals surface area (Å²) in [7, 11) is 0. The maximum absolute atomic E-state index is 13.1. The van der Waals surface area contributed by atoms with E-state index in [0.29, 0.717) is 18.8 Å². The van der Waals surface area contributed by atoms with Crippen LogP contribution in [-0.2, 0) is 9.53 Å². The topological polar surface area (TPSA) is 78.9 Å². The molecule has 8 heteroatoms. The van der Waals surface area contributed by atoms with Crippen LogP contribution in [0.25, 0.3) is 0 Å². The van der Waals surface area contributed by atoms with Gasteiger partial charge in [-0.1, -0.05) is 6.42 Å². The summed E-state index contributed by atoms with van der Waals surface area (Å²) in [5.74, 6) is 0.383. The van der Waals surface area contributed by atoms with Crippen molar-refractivity contribution in [1.29, 1.82) is 0 Å². The summed E-state index contributed by atoms with van der Waals surface area (Å²) in [4.78, 5) is 40.7. The van der Waals surface area contributed by atoms with Crippen LogP contribution in [0.5, 0.6) is 0 Å². The number of nitrogens with zero attached hydrogens (tertiary/aromatic N) is 5. The third-order valence-corrected chi connectivity index (χ3v) is 6.61. The van der Waals surface area contributed by atoms with Crippen molar-refractivity contribution in [2.75, 3.05) is 52.5 Å². The minimum Gasteiger partial charge on any atom is -0.379 e. The van der Waals surface area contributed by atoms with Crippen molar-refractivity contribution in [1.82, 2.24) is 24.7 Å². The lowest BCUT2D eigenvalue weighted by Gasteiger charge is -2.36. The molecule has 164 valence electrons. The van der Waals surface area contributed by atoms with E-state index in [1.807, 2.05) is 11.8 Å². The zero-order valence-electron chi connectivity index (χ0n) is 18.0. The third-order valence-electron chi connectivity index (χ3n) is 6.61. The molecular weight excluding hydrogens is 382 g/mol. The fraction of sp³-hybridized carbons (Fsp3) is 0.727. The molecule has 1 aliphatic carbocycles. The first-order chi connectivity index (χ1) is 14.6. The molecule has 1 aromatic heterocycles. The third kappa shape index (κ3) is 4.98. The van der Waals surface area contributed by atoms with E-state index in [0.717, 1.165) is 77.2 Å². The summed E-state index contributed by atoms with van der Waals surface area (Å²) in [5.41, 5.74) is 1.17. The molecule has 0 spiro atoms. The number of aromatic nitrogens is 2. The summed E-state index contributed by atoms with van der Waals surface area (Å²) in [5, 5.41) is 0. The molecule has 2 amide bonds. The Hall–Kier alpha value is -2.06. The Bertz CT molecular complexity index is 731. The van der Waals surface area contributed by atoms with E-state index >= 15 is 0 Å². The highest BCUT2D eigenvalue weighted by atomic mass is 16.5. The highest BCUT2D eigenvalue weighted by Gasteiger charge is 2.37. The monoisotopic (exact) mass is 415 g/mol. The maximum atomic E-state index is 13.1. The molecule has 2 aliphatic heterocycles. The molecular formula is C22H33N5O3. The Kier molecular flexibility index (Phi) is 6.94. The minimum absolute atomic E-state index is 0.0886. The molecule has 1 atom stereocenters. The molecule has 0 bridgehead atoms. The molecule has 3 heterocycles. The number of hydrogen-bond acceptors (Lipinski definition) is 6. The molecule has 8 nitrogen and oxygen atoms in total. The number of carbonyl (C=O) groups excluding carboxylic acids is 2. The fourth-order valence-electron chi connectivity index (χ4n) is 4.50. The lowest BCUT2D eigenvalue weighted by atomic mass is 9.84. The van der Waals surface area contributed by atoms with E-state index in [4.69, 9.17) is 4.74 Å². The van der Waals surface area contributed by atoms with Crippen LogP contribution >= 0.6 is 0 Å². The number of likely N-dealkylation sites (tertiary alicyclic amines) is 1. The molecule has 0 radical (unpaired) electrons. The second kappa shape index (κ2) is 9.83. The predicted molar refractivity (Wildman–Crippen MR) is 112 cm³/mol. The number of rotatable bonds is 7. The molecule has 3 aliphatic rings. The quantitative estimate of drug-likeness (QED) is 0.669. The second-order valence-electron chi connectivity index (χ2n) is 8.70. The largest absolute Gasteiger partial charge is 0.379 e. The van der Waals surface area contributed by atoms with Crippen molar-refractivity contribution in [3.05, 3.63) is 23.8 Å². The van der Waals surface area contributed by atoms with E-state index < -0.39 is 0 Å². The van der Waals surface area contributed by atoms with Crippen molar-refractivity contribution in [2.45, 2.75) is 45.1 Å². The summed E-state index contributed by atoms with van der Waals surface area (Å²) < 4.78 is 5.42. The summed E-state index contributed by atoms with van der Waals surface area (Å²) in [6.07, 6.45) is 8.14. The van der Waals surface area contributed by atoms with Crippen molar-refractivity contribution < 1.29 is 14.3 Å². The van der Waals surface area contributed by atoms with Gasteiger partial charge in [0, 0.05) is 51.4 Å². The van der Waals surface area contributed by atoms with Crippen molar-refractivity contribution >= 4 is 11.8 Å². The van der Waals surface area contributed by atoms with Crippen LogP contribution in [0, 0.1) is 12.8 Å². The molecule has 1 saturated carbocycles. The Morgan fingerprint density at radius 3 is 2.60 bits per heavy atom. The Morgan fingerprint density at radius 1 is 1.13 bits per heavy atom. The molecule has 2 saturated heterocycles. The van der Waals surface area contributed by atoms with Gasteiger partial charge >= 0.3 is 0 Å². The maximum Gasteiger partial charge on any atom is 0.274 e. The van der Waals surface area contributed by atoms with Gasteiger partial charge in [0.05, 0.1) is 31.1 Å². The molecule has 1 aromatic rings. The number of ether oxygens (including phenoxy) is 1. The fourth-order valence-corrected chi connectivity index (χ4v) is 4.50. The van der Waals surface area contributed by atoms with Gasteiger partial charge in [-0.25, -0.2) is 4.98 Å². The number of carbonyl (C=O) groups is 2. The zero-order valence-corrected chi connectivity index (χ0v) is 18.0. The Morgan fingerprint density at radius 2 is 1.93 bits per heavy atom. The van der Waals surface area contributed by atoms with E-state index in [-0.39, 0.29) is 23.8 Å². The van der Waals surface area contributed by atoms with Crippen LogP contribution in [0.1, 0.15) is 48.3 Å². The average molecular weight is 416 g/mol. The molecule has 0 N–H and O–H groups in total. The number of aryl methyl sites for hydroxylation is 1. The van der Waals surface area contributed by atoms with E-state index in [1.54, 1.807) is 12.4 Å². The molecule has 0 aromatic carbocycles. The summed E-state index contributed by atoms with van der Waals surface area (Å²) >= 11 is 0. The van der Waals surface area contributed by atoms with E-state index in [2.05, 4.69) is 19.8 Å². The van der Waals surface area contributed by atoms with Gasteiger partial charge in [-0.2, -0.15) is 0 Å². The molecule has 4 rings (SSSR count). The normalized spacial score (nSPS) is 22.7. The van der Waals surface area contributed by atoms with E-state index in [1.165, 1.54) is 0 Å². The summed E-state index contributed by atoms with van der Waals surface area (Å²) in [6.45, 7) is 8.41. The van der Waals surface area contributed by atoms with Crippen LogP contribution in [0.15, 0.2) is 12.4 Å². The standard InChI is InChI=1S/C22H33N5O3/c1-17-14-24-20(15-23-17)22(29)26-9-6-19(16-26)27(21(28)18-4-2-5-18)8-3-7-25-10-12-30-13-11-25/h14-15,18-19H,2-13,16H2,1H3. The second-order valence-corrected chi connectivity index (χ2v) is 8.70. The first-order valence-corrected chi connectivity index (χ1v) is 11.3. The molecule has 1 unspecified atom stereocenters. The van der Waals surface area contributed by atoms with Crippen LogP contribution in [0.2, 0.25) is 0 Å². The van der Waals surface area contributed by atoms with Crippen LogP contribution in [0.3, 0.4) is 0 Å². The lowest BCUT2D eigenvalue weighted by Crippen LogP contribution is -2.48. The highest BCUT2D eigenvalue weighted by Crippen LogP contribution is 2.30. The van der Waals surface area contributed by atoms with Gasteiger partial charge < -0.3 is 14.5 Å². The Balaban J connectivity index is 1.35. The van der Waals surface area contributed by atoms with E-state index in [9.17, 15) is 9.59 Å². The van der Waals surface area contributed by atoms with Gasteiger partial charge in [0.15, 0.2) is 0 Å². The van der Waals surface area contributed by atoms with Gasteiger partial charge in [0.1, 0.15) is 5.69 Å². The average Bonchev–Trinajstić information content (AvgIpc) is 3.20. The highest BCUT2D eigenvalue weighted by molar-refractivity contribution is 5.92. The number of morpholine rings is 1. The first kappa shape index (κ1) is 21.2. The molecule has 30 heavy (non-hydrogen) atoms. The minimum atomic E-state index is -0.0886. The molecule has 3 fully saturated rings. The lowest BCUT2D eigenvalue weighted by molar-refractivity contribution is -0.140. The van der Waals surface area contributed by atoms with Crippen molar-refractivity contribution in [3.63, 3.8) is 0 Å². The van der Waals surface area contributed by atoms with Crippen molar-refractivity contribution in [2.24, 2.45) is 5.92 Å². The van der Waals surface area contributed by atoms with Gasteiger partial charge in [-0.3, -0.25) is 19.5 Å². The SMILES string of the molecule is Cc1cnc(C(=O)N2CCC(N(CCCN3CCOCC3)C(=O)C3CCC3)C2)cn1. The van der Waals surface area contributed by atoms with Crippen LogP contribution < -0.4 is 0 Å². The van der Waals surface area contributed by atoms with Gasteiger partial charge in [-0.05, 0) is 32.6 Å². The predicted octanol–water partition coefficient (Wildman–Crippen LogP) is 1.35. The summed E-state index contributed by atoms with van der Waals surface area (Å²) in [6, 6.07) is 0.102. The number of amides is 2. The smallest absolute Gasteiger partial charge is 0.274 e. The Labute approximate surface area is 178 Å². The van der Waals surface area contributed by atoms with Gasteiger partial charge in [-0.15, -0.1) is 0 Å². The van der Waals surface area contributed by atoms with Gasteiger partial charge in [0.25, 0.3) is 5.91 Å². The first-order valence-electron chi connectivity index (χ1n) is 11.3. The zero-order chi connectivity index (χ0) is 20.9. The van der Waals surface area contributed by atoms with Gasteiger partial charge in [0.2, 0.25) is 5.91 Å². The van der Waals surface area contributed by atoms with Crippen LogP contribution in [0.4, 0.5) is 0 Å². The number of hydrogen-bond donors (Lipinski definition) is 0.